The first-order valence-corrected chi connectivity index (χ1v) is 8.60. The molecule has 8 heteroatoms. The SMILES string of the molecule is Cc1ccc(S(=O)(=O)NCCC(I)CC(F)(F)F)cc1. The van der Waals surface area contributed by atoms with Gasteiger partial charge in [-0.3, -0.25) is 0 Å². The van der Waals surface area contributed by atoms with Crippen molar-refractivity contribution in [2.75, 3.05) is 6.54 Å². The quantitative estimate of drug-likeness (QED) is 0.566. The number of sulfonamides is 1. The Morgan fingerprint density at radius 1 is 1.25 bits per heavy atom. The summed E-state index contributed by atoms with van der Waals surface area (Å²) >= 11 is 1.68. The number of halogens is 4. The second-order valence-corrected chi connectivity index (χ2v) is 7.94. The number of hydrogen-bond acceptors (Lipinski definition) is 2. The van der Waals surface area contributed by atoms with Crippen molar-refractivity contribution in [2.45, 2.75) is 34.8 Å². The Morgan fingerprint density at radius 3 is 2.30 bits per heavy atom. The molecule has 0 amide bonds. The smallest absolute Gasteiger partial charge is 0.211 e. The zero-order valence-corrected chi connectivity index (χ0v) is 13.7. The van der Waals surface area contributed by atoms with Crippen molar-refractivity contribution in [1.82, 2.24) is 4.72 Å². The van der Waals surface area contributed by atoms with E-state index in [4.69, 9.17) is 0 Å². The van der Waals surface area contributed by atoms with Crippen LogP contribution in [-0.4, -0.2) is 25.1 Å². The van der Waals surface area contributed by atoms with E-state index in [2.05, 4.69) is 4.72 Å². The zero-order valence-electron chi connectivity index (χ0n) is 10.7. The highest BCUT2D eigenvalue weighted by molar-refractivity contribution is 14.1. The minimum atomic E-state index is -4.22. The van der Waals surface area contributed by atoms with Gasteiger partial charge < -0.3 is 0 Å². The van der Waals surface area contributed by atoms with Crippen molar-refractivity contribution in [1.29, 1.82) is 0 Å². The first kappa shape index (κ1) is 17.7. The average molecular weight is 421 g/mol. The molecule has 1 N–H and O–H groups in total. The van der Waals surface area contributed by atoms with E-state index in [1.54, 1.807) is 34.7 Å². The molecule has 0 aliphatic carbocycles. The normalized spacial score (nSPS) is 14.2. The van der Waals surface area contributed by atoms with E-state index in [9.17, 15) is 21.6 Å². The molecular weight excluding hydrogens is 406 g/mol. The Morgan fingerprint density at radius 2 is 1.80 bits per heavy atom. The third-order valence-electron chi connectivity index (χ3n) is 2.53. The average Bonchev–Trinajstić information content (AvgIpc) is 2.26. The van der Waals surface area contributed by atoms with Gasteiger partial charge in [0.05, 0.1) is 11.3 Å². The Labute approximate surface area is 130 Å². The van der Waals surface area contributed by atoms with Gasteiger partial charge >= 0.3 is 6.18 Å². The lowest BCUT2D eigenvalue weighted by Gasteiger charge is -2.13. The van der Waals surface area contributed by atoms with E-state index in [1.807, 2.05) is 6.92 Å². The lowest BCUT2D eigenvalue weighted by Crippen LogP contribution is -2.27. The number of alkyl halides is 4. The molecule has 1 atom stereocenters. The van der Waals surface area contributed by atoms with E-state index >= 15 is 0 Å². The molecule has 3 nitrogen and oxygen atoms in total. The summed E-state index contributed by atoms with van der Waals surface area (Å²) in [6.45, 7) is 1.82. The maximum atomic E-state index is 12.1. The molecule has 0 radical (unpaired) electrons. The van der Waals surface area contributed by atoms with Crippen molar-refractivity contribution >= 4 is 32.6 Å². The molecule has 0 aliphatic rings. The summed E-state index contributed by atoms with van der Waals surface area (Å²) in [6, 6.07) is 6.27. The van der Waals surface area contributed by atoms with Crippen LogP contribution in [0.25, 0.3) is 0 Å². The van der Waals surface area contributed by atoms with E-state index in [0.29, 0.717) is 0 Å². The first-order chi connectivity index (χ1) is 9.10. The van der Waals surface area contributed by atoms with Crippen molar-refractivity contribution < 1.29 is 21.6 Å². The highest BCUT2D eigenvalue weighted by atomic mass is 127. The fourth-order valence-electron chi connectivity index (χ4n) is 1.50. The van der Waals surface area contributed by atoms with Crippen LogP contribution in [0.15, 0.2) is 29.2 Å². The van der Waals surface area contributed by atoms with Crippen LogP contribution in [0.1, 0.15) is 18.4 Å². The van der Waals surface area contributed by atoms with Gasteiger partial charge in [-0.1, -0.05) is 40.3 Å². The van der Waals surface area contributed by atoms with E-state index < -0.39 is 26.5 Å². The fraction of sp³-hybridized carbons (Fsp3) is 0.500. The van der Waals surface area contributed by atoms with E-state index in [1.165, 1.54) is 12.1 Å². The molecule has 1 aromatic rings. The molecule has 0 heterocycles. The third-order valence-corrected chi connectivity index (χ3v) is 5.07. The molecule has 0 bridgehead atoms. The van der Waals surface area contributed by atoms with Crippen molar-refractivity contribution in [2.24, 2.45) is 0 Å². The highest BCUT2D eigenvalue weighted by Crippen LogP contribution is 2.26. The van der Waals surface area contributed by atoms with Crippen LogP contribution < -0.4 is 4.72 Å². The van der Waals surface area contributed by atoms with Gasteiger partial charge in [-0.15, -0.1) is 0 Å². The summed E-state index contributed by atoms with van der Waals surface area (Å²) in [5, 5.41) is 0. The standard InChI is InChI=1S/C12H15F3INO2S/c1-9-2-4-11(5-3-9)20(18,19)17-7-6-10(16)8-12(13,14)15/h2-5,10,17H,6-8H2,1H3. The van der Waals surface area contributed by atoms with Crippen molar-refractivity contribution in [3.05, 3.63) is 29.8 Å². The van der Waals surface area contributed by atoms with Crippen LogP contribution in [0, 0.1) is 6.92 Å². The molecule has 20 heavy (non-hydrogen) atoms. The fourth-order valence-corrected chi connectivity index (χ4v) is 3.36. The van der Waals surface area contributed by atoms with E-state index in [0.717, 1.165) is 5.56 Å². The Balaban J connectivity index is 2.50. The van der Waals surface area contributed by atoms with Gasteiger partial charge in [0.25, 0.3) is 0 Å². The summed E-state index contributed by atoms with van der Waals surface area (Å²) in [4.78, 5) is 0.115. The molecule has 0 spiro atoms. The second-order valence-electron chi connectivity index (χ2n) is 4.42. The van der Waals surface area contributed by atoms with Gasteiger partial charge in [0.15, 0.2) is 0 Å². The zero-order chi connectivity index (χ0) is 15.4. The molecule has 114 valence electrons. The largest absolute Gasteiger partial charge is 0.390 e. The second kappa shape index (κ2) is 7.08. The van der Waals surface area contributed by atoms with E-state index in [-0.39, 0.29) is 17.9 Å². The highest BCUT2D eigenvalue weighted by Gasteiger charge is 2.30. The molecule has 0 aliphatic heterocycles. The Kier molecular flexibility index (Phi) is 6.26. The van der Waals surface area contributed by atoms with Crippen LogP contribution in [-0.2, 0) is 10.0 Å². The van der Waals surface area contributed by atoms with Crippen LogP contribution in [0.2, 0.25) is 0 Å². The predicted molar refractivity (Wildman–Crippen MR) is 79.5 cm³/mol. The summed E-state index contributed by atoms with van der Waals surface area (Å²) in [7, 11) is -3.65. The van der Waals surface area contributed by atoms with Gasteiger partial charge in [-0.25, -0.2) is 13.1 Å². The lowest BCUT2D eigenvalue weighted by molar-refractivity contribution is -0.133. The van der Waals surface area contributed by atoms with Crippen molar-refractivity contribution in [3.8, 4) is 0 Å². The van der Waals surface area contributed by atoms with Gasteiger partial charge in [0, 0.05) is 10.5 Å². The molecule has 0 aromatic heterocycles. The maximum absolute atomic E-state index is 12.1. The monoisotopic (exact) mass is 421 g/mol. The Bertz CT molecular complexity index is 529. The lowest BCUT2D eigenvalue weighted by atomic mass is 10.2. The molecule has 1 aromatic carbocycles. The molecule has 1 rings (SSSR count). The molecule has 0 saturated heterocycles. The summed E-state index contributed by atoms with van der Waals surface area (Å²) in [5.41, 5.74) is 0.932. The van der Waals surface area contributed by atoms with Crippen LogP contribution in [0.4, 0.5) is 13.2 Å². The number of aryl methyl sites for hydroxylation is 1. The molecule has 1 unspecified atom stereocenters. The summed E-state index contributed by atoms with van der Waals surface area (Å²) in [6.07, 6.45) is -5.01. The van der Waals surface area contributed by atoms with Gasteiger partial charge in [0.1, 0.15) is 0 Å². The maximum Gasteiger partial charge on any atom is 0.390 e. The minimum absolute atomic E-state index is 0.0140. The molecule has 0 fully saturated rings. The number of benzene rings is 1. The molecular formula is C12H15F3INO2S. The number of hydrogen-bond donors (Lipinski definition) is 1. The van der Waals surface area contributed by atoms with Crippen LogP contribution in [0.5, 0.6) is 0 Å². The topological polar surface area (TPSA) is 46.2 Å². The number of nitrogens with one attached hydrogen (secondary N) is 1. The summed E-state index contributed by atoms with van der Waals surface area (Å²) in [5.74, 6) is 0. The van der Waals surface area contributed by atoms with Crippen molar-refractivity contribution in [3.63, 3.8) is 0 Å². The van der Waals surface area contributed by atoms with Gasteiger partial charge in [-0.05, 0) is 25.5 Å². The summed E-state index contributed by atoms with van der Waals surface area (Å²) < 4.78 is 61.8. The molecule has 0 saturated carbocycles. The van der Waals surface area contributed by atoms with Crippen LogP contribution in [0.3, 0.4) is 0 Å². The Hall–Kier alpha value is -0.350. The number of rotatable bonds is 6. The van der Waals surface area contributed by atoms with Gasteiger partial charge in [0.2, 0.25) is 10.0 Å². The van der Waals surface area contributed by atoms with Gasteiger partial charge in [-0.2, -0.15) is 13.2 Å². The third kappa shape index (κ3) is 6.40. The van der Waals surface area contributed by atoms with Crippen LogP contribution >= 0.6 is 22.6 Å². The minimum Gasteiger partial charge on any atom is -0.211 e. The predicted octanol–water partition coefficient (Wildman–Crippen LogP) is 3.42. The first-order valence-electron chi connectivity index (χ1n) is 5.87.